The Hall–Kier alpha value is -3.26. The molecule has 8 heteroatoms. The van der Waals surface area contributed by atoms with Crippen molar-refractivity contribution in [3.63, 3.8) is 0 Å². The van der Waals surface area contributed by atoms with Crippen LogP contribution in [0.3, 0.4) is 0 Å². The molecule has 0 unspecified atom stereocenters. The monoisotopic (exact) mass is 467 g/mol. The molecule has 0 radical (unpaired) electrons. The van der Waals surface area contributed by atoms with Gasteiger partial charge in [0.25, 0.3) is 5.91 Å². The van der Waals surface area contributed by atoms with Crippen LogP contribution in [0.15, 0.2) is 30.3 Å². The van der Waals surface area contributed by atoms with E-state index in [0.717, 1.165) is 29.5 Å². The van der Waals surface area contributed by atoms with E-state index in [4.69, 9.17) is 23.7 Å². The number of fused-ring (bicyclic) bond motifs is 1. The summed E-state index contributed by atoms with van der Waals surface area (Å²) in [5.74, 6) is 1.19. The Labute approximate surface area is 198 Å². The molecule has 0 spiro atoms. The summed E-state index contributed by atoms with van der Waals surface area (Å²) in [4.78, 5) is 24.7. The van der Waals surface area contributed by atoms with Crippen LogP contribution in [0.2, 0.25) is 0 Å². The first-order valence-electron chi connectivity index (χ1n) is 11.6. The second kappa shape index (κ2) is 9.18. The maximum absolute atomic E-state index is 12.7. The zero-order valence-corrected chi connectivity index (χ0v) is 19.5. The molecule has 0 atom stereocenters. The predicted octanol–water partition coefficient (Wildman–Crippen LogP) is 3.50. The minimum Gasteiger partial charge on any atom is -0.493 e. The molecule has 1 aliphatic carbocycles. The number of ether oxygens (including phenoxy) is 5. The highest BCUT2D eigenvalue weighted by Gasteiger charge is 2.49. The van der Waals surface area contributed by atoms with Gasteiger partial charge in [0.05, 0.1) is 20.1 Å². The van der Waals surface area contributed by atoms with Crippen molar-refractivity contribution in [3.05, 3.63) is 41.5 Å². The smallest absolute Gasteiger partial charge is 0.309 e. The van der Waals surface area contributed by atoms with Gasteiger partial charge in [-0.25, -0.2) is 0 Å². The third-order valence-corrected chi connectivity index (χ3v) is 6.76. The number of carbonyl (C=O) groups is 2. The molecule has 1 saturated heterocycles. The molecular weight excluding hydrogens is 438 g/mol. The van der Waals surface area contributed by atoms with Gasteiger partial charge in [0.2, 0.25) is 5.75 Å². The van der Waals surface area contributed by atoms with E-state index in [0.29, 0.717) is 55.4 Å². The zero-order valence-electron chi connectivity index (χ0n) is 19.5. The van der Waals surface area contributed by atoms with Crippen LogP contribution in [0.1, 0.15) is 41.6 Å². The second-order valence-corrected chi connectivity index (χ2v) is 9.01. The van der Waals surface area contributed by atoms with Crippen LogP contribution < -0.4 is 19.5 Å². The van der Waals surface area contributed by atoms with E-state index < -0.39 is 5.60 Å². The average Bonchev–Trinajstić information content (AvgIpc) is 3.54. The first-order chi connectivity index (χ1) is 16.5. The summed E-state index contributed by atoms with van der Waals surface area (Å²) in [6.45, 7) is 1.91. The van der Waals surface area contributed by atoms with Crippen LogP contribution in [0.4, 0.5) is 0 Å². The summed E-state index contributed by atoms with van der Waals surface area (Å²) in [6, 6.07) is 9.45. The minimum absolute atomic E-state index is 0.0626. The first-order valence-corrected chi connectivity index (χ1v) is 11.6. The van der Waals surface area contributed by atoms with Gasteiger partial charge in [-0.1, -0.05) is 6.07 Å². The number of nitrogens with one attached hydrogen (secondary N) is 1. The molecule has 2 aromatic carbocycles. The highest BCUT2D eigenvalue weighted by atomic mass is 16.6. The SMILES string of the molecule is COc1ccc(-c2ccc3c(c2)CNC3=O)c(OCC2(OC(=O)C3CCOCC3)CC2)c1OC. The highest BCUT2D eigenvalue weighted by Crippen LogP contribution is 2.47. The number of amides is 1. The van der Waals surface area contributed by atoms with Gasteiger partial charge in [-0.05, 0) is 61.1 Å². The Morgan fingerprint density at radius 1 is 1.06 bits per heavy atom. The van der Waals surface area contributed by atoms with E-state index in [9.17, 15) is 9.59 Å². The van der Waals surface area contributed by atoms with Crippen LogP contribution >= 0.6 is 0 Å². The largest absolute Gasteiger partial charge is 0.493 e. The van der Waals surface area contributed by atoms with Crippen molar-refractivity contribution in [2.24, 2.45) is 5.92 Å². The van der Waals surface area contributed by atoms with Gasteiger partial charge in [-0.15, -0.1) is 0 Å². The molecule has 2 fully saturated rings. The lowest BCUT2D eigenvalue weighted by molar-refractivity contribution is -0.161. The van der Waals surface area contributed by atoms with E-state index in [2.05, 4.69) is 5.32 Å². The fourth-order valence-corrected chi connectivity index (χ4v) is 4.52. The van der Waals surface area contributed by atoms with Crippen LogP contribution in [0, 0.1) is 5.92 Å². The minimum atomic E-state index is -0.616. The van der Waals surface area contributed by atoms with E-state index in [1.54, 1.807) is 14.2 Å². The Bertz CT molecular complexity index is 1100. The van der Waals surface area contributed by atoms with E-state index in [1.165, 1.54) is 0 Å². The van der Waals surface area contributed by atoms with E-state index in [-0.39, 0.29) is 24.4 Å². The number of hydrogen-bond acceptors (Lipinski definition) is 7. The normalized spacial score (nSPS) is 18.6. The molecule has 0 aromatic heterocycles. The number of methoxy groups -OCH3 is 2. The first kappa shape index (κ1) is 22.5. The van der Waals surface area contributed by atoms with E-state index in [1.807, 2.05) is 30.3 Å². The van der Waals surface area contributed by atoms with Gasteiger partial charge < -0.3 is 29.0 Å². The molecule has 8 nitrogen and oxygen atoms in total. The van der Waals surface area contributed by atoms with Crippen molar-refractivity contribution in [1.82, 2.24) is 5.32 Å². The molecule has 34 heavy (non-hydrogen) atoms. The topological polar surface area (TPSA) is 92.3 Å². The molecule has 2 aliphatic heterocycles. The molecule has 180 valence electrons. The Morgan fingerprint density at radius 3 is 2.53 bits per heavy atom. The van der Waals surface area contributed by atoms with Crippen molar-refractivity contribution in [1.29, 1.82) is 0 Å². The summed E-state index contributed by atoms with van der Waals surface area (Å²) < 4.78 is 28.8. The van der Waals surface area contributed by atoms with Crippen molar-refractivity contribution in [2.75, 3.05) is 34.0 Å². The maximum atomic E-state index is 12.7. The second-order valence-electron chi connectivity index (χ2n) is 9.01. The van der Waals surface area contributed by atoms with Crippen LogP contribution in [-0.2, 0) is 20.8 Å². The van der Waals surface area contributed by atoms with Gasteiger partial charge in [0.15, 0.2) is 11.5 Å². The summed E-state index contributed by atoms with van der Waals surface area (Å²) in [7, 11) is 3.14. The maximum Gasteiger partial charge on any atom is 0.309 e. The molecule has 1 amide bonds. The Balaban J connectivity index is 1.40. The highest BCUT2D eigenvalue weighted by molar-refractivity contribution is 5.99. The van der Waals surface area contributed by atoms with Gasteiger partial charge in [-0.3, -0.25) is 9.59 Å². The molecular formula is C26H29NO7. The Kier molecular flexibility index (Phi) is 6.08. The van der Waals surface area contributed by atoms with Crippen molar-refractivity contribution < 1.29 is 33.3 Å². The van der Waals surface area contributed by atoms with Crippen LogP contribution in [-0.4, -0.2) is 51.5 Å². The lowest BCUT2D eigenvalue weighted by atomic mass is 9.99. The molecule has 2 heterocycles. The summed E-state index contributed by atoms with van der Waals surface area (Å²) >= 11 is 0. The van der Waals surface area contributed by atoms with Crippen molar-refractivity contribution >= 4 is 11.9 Å². The van der Waals surface area contributed by atoms with Crippen molar-refractivity contribution in [3.8, 4) is 28.4 Å². The van der Waals surface area contributed by atoms with Crippen LogP contribution in [0.25, 0.3) is 11.1 Å². The fraction of sp³-hybridized carbons (Fsp3) is 0.462. The number of benzene rings is 2. The van der Waals surface area contributed by atoms with Crippen molar-refractivity contribution in [2.45, 2.75) is 37.8 Å². The van der Waals surface area contributed by atoms with Gasteiger partial charge in [0, 0.05) is 30.9 Å². The Morgan fingerprint density at radius 2 is 1.82 bits per heavy atom. The third kappa shape index (κ3) is 4.30. The third-order valence-electron chi connectivity index (χ3n) is 6.76. The van der Waals surface area contributed by atoms with E-state index >= 15 is 0 Å². The molecule has 5 rings (SSSR count). The number of hydrogen-bond donors (Lipinski definition) is 1. The molecule has 1 saturated carbocycles. The zero-order chi connectivity index (χ0) is 23.7. The molecule has 1 N–H and O–H groups in total. The lowest BCUT2D eigenvalue weighted by Gasteiger charge is -2.25. The standard InChI is InChI=1S/C26H29NO7/c1-30-21-6-5-19(17-3-4-20-18(13-17)14-27-24(20)28)22(23(21)31-2)33-15-26(9-10-26)34-25(29)16-7-11-32-12-8-16/h3-6,13,16H,7-12,14-15H2,1-2H3,(H,27,28). The number of rotatable bonds is 8. The van der Waals surface area contributed by atoms with Crippen LogP contribution in [0.5, 0.6) is 17.2 Å². The van der Waals surface area contributed by atoms with Gasteiger partial charge >= 0.3 is 5.97 Å². The summed E-state index contributed by atoms with van der Waals surface area (Å²) in [6.07, 6.45) is 2.91. The lowest BCUT2D eigenvalue weighted by Crippen LogP contribution is -2.33. The molecule has 3 aliphatic rings. The summed E-state index contributed by atoms with van der Waals surface area (Å²) in [5, 5.41) is 2.85. The number of esters is 1. The average molecular weight is 468 g/mol. The fourth-order valence-electron chi connectivity index (χ4n) is 4.52. The number of carbonyl (C=O) groups excluding carboxylic acids is 2. The predicted molar refractivity (Wildman–Crippen MR) is 123 cm³/mol. The van der Waals surface area contributed by atoms with Gasteiger partial charge in [0.1, 0.15) is 12.2 Å². The summed E-state index contributed by atoms with van der Waals surface area (Å²) in [5.41, 5.74) is 2.72. The van der Waals surface area contributed by atoms with Gasteiger partial charge in [-0.2, -0.15) is 0 Å². The molecule has 0 bridgehead atoms. The quantitative estimate of drug-likeness (QED) is 0.594. The molecule has 2 aromatic rings.